The number of carbonyl (C=O) groups is 3. The van der Waals surface area contributed by atoms with Crippen LogP contribution in [-0.4, -0.2) is 45.8 Å². The van der Waals surface area contributed by atoms with Gasteiger partial charge in [0.25, 0.3) is 5.91 Å². The molecular weight excluding hydrogens is 468 g/mol. The maximum Gasteiger partial charge on any atom is 0.325 e. The molecule has 3 atom stereocenters. The van der Waals surface area contributed by atoms with Crippen LogP contribution in [0.1, 0.15) is 41.8 Å². The Labute approximate surface area is 216 Å². The summed E-state index contributed by atoms with van der Waals surface area (Å²) in [6.45, 7) is 5.78. The van der Waals surface area contributed by atoms with Gasteiger partial charge >= 0.3 is 6.03 Å². The minimum Gasteiger partial charge on any atom is -0.384 e. The van der Waals surface area contributed by atoms with Gasteiger partial charge in [0.05, 0.1) is 12.0 Å². The topological polar surface area (TPSA) is 122 Å². The molecule has 1 aliphatic heterocycles. The number of nitrogens with one attached hydrogen (secondary N) is 1. The summed E-state index contributed by atoms with van der Waals surface area (Å²) in [5, 5.41) is 2.96. The van der Waals surface area contributed by atoms with Crippen LogP contribution in [0.4, 0.5) is 16.3 Å². The minimum absolute atomic E-state index is 0.268. The summed E-state index contributed by atoms with van der Waals surface area (Å²) in [4.78, 5) is 51.2. The average molecular weight is 501 g/mol. The number of nitrogens with two attached hydrogens (primary N) is 1. The van der Waals surface area contributed by atoms with E-state index in [4.69, 9.17) is 5.73 Å². The zero-order valence-corrected chi connectivity index (χ0v) is 21.5. The number of likely N-dealkylation sites (N-methyl/N-ethyl adjacent to an activating group) is 1. The fraction of sp³-hybridized carbons (Fsp3) is 0.321. The summed E-state index contributed by atoms with van der Waals surface area (Å²) in [7, 11) is 1.64. The van der Waals surface area contributed by atoms with E-state index in [1.165, 1.54) is 4.90 Å². The Morgan fingerprint density at radius 2 is 1.86 bits per heavy atom. The average Bonchev–Trinajstić information content (AvgIpc) is 2.87. The number of aryl methyl sites for hydroxylation is 2. The molecule has 0 saturated carbocycles. The molecular formula is C28H32N6O3. The molecule has 9 nitrogen and oxygen atoms in total. The first-order valence-electron chi connectivity index (χ1n) is 12.3. The van der Waals surface area contributed by atoms with Gasteiger partial charge in [0.15, 0.2) is 0 Å². The maximum absolute atomic E-state index is 13.7. The third-order valence-corrected chi connectivity index (χ3v) is 6.74. The van der Waals surface area contributed by atoms with E-state index in [-0.39, 0.29) is 18.4 Å². The summed E-state index contributed by atoms with van der Waals surface area (Å²) in [6, 6.07) is 13.0. The van der Waals surface area contributed by atoms with Gasteiger partial charge in [-0.2, -0.15) is 0 Å². The van der Waals surface area contributed by atoms with Crippen molar-refractivity contribution in [3.63, 3.8) is 0 Å². The monoisotopic (exact) mass is 500 g/mol. The summed E-state index contributed by atoms with van der Waals surface area (Å²) < 4.78 is 0. The molecule has 3 N–H and O–H groups in total. The number of likely N-dealkylation sites (tertiary alicyclic amines) is 1. The number of imide groups is 1. The second-order valence-electron chi connectivity index (χ2n) is 9.43. The third kappa shape index (κ3) is 5.45. The Balaban J connectivity index is 1.61. The molecule has 3 aromatic rings. The smallest absolute Gasteiger partial charge is 0.325 e. The summed E-state index contributed by atoms with van der Waals surface area (Å²) in [6.07, 6.45) is 4.08. The van der Waals surface area contributed by atoms with Crippen molar-refractivity contribution in [3.05, 3.63) is 83.3 Å². The highest BCUT2D eigenvalue weighted by Crippen LogP contribution is 2.33. The molecule has 0 bridgehead atoms. The van der Waals surface area contributed by atoms with E-state index in [2.05, 4.69) is 15.3 Å². The molecule has 0 aliphatic carbocycles. The second kappa shape index (κ2) is 10.8. The minimum atomic E-state index is -0.963. The van der Waals surface area contributed by atoms with E-state index < -0.39 is 23.9 Å². The quantitative estimate of drug-likeness (QED) is 0.479. The van der Waals surface area contributed by atoms with Gasteiger partial charge in [0.2, 0.25) is 5.91 Å². The number of nitrogens with zero attached hydrogens (tertiary/aromatic N) is 4. The Hall–Kier alpha value is -4.27. The lowest BCUT2D eigenvalue weighted by atomic mass is 9.81. The number of anilines is 2. The molecule has 0 radical (unpaired) electrons. The molecule has 37 heavy (non-hydrogen) atoms. The molecule has 4 amide bonds. The van der Waals surface area contributed by atoms with Gasteiger partial charge in [-0.15, -0.1) is 0 Å². The number of amides is 4. The highest BCUT2D eigenvalue weighted by molar-refractivity contribution is 6.12. The Kier molecular flexibility index (Phi) is 7.52. The van der Waals surface area contributed by atoms with Crippen LogP contribution >= 0.6 is 0 Å². The highest BCUT2D eigenvalue weighted by atomic mass is 16.2. The second-order valence-corrected chi connectivity index (χ2v) is 9.43. The number of hydrogen-bond acceptors (Lipinski definition) is 6. The predicted octanol–water partition coefficient (Wildman–Crippen LogP) is 3.57. The van der Waals surface area contributed by atoms with Crippen LogP contribution in [0.2, 0.25) is 0 Å². The van der Waals surface area contributed by atoms with E-state index in [1.807, 2.05) is 45.0 Å². The van der Waals surface area contributed by atoms with Crippen molar-refractivity contribution in [2.75, 3.05) is 17.7 Å². The van der Waals surface area contributed by atoms with E-state index >= 15 is 0 Å². The molecule has 1 aromatic carbocycles. The van der Waals surface area contributed by atoms with Crippen molar-refractivity contribution in [3.8, 4) is 0 Å². The normalized spacial score (nSPS) is 17.6. The number of pyridine rings is 2. The third-order valence-electron chi connectivity index (χ3n) is 6.74. The fourth-order valence-corrected chi connectivity index (χ4v) is 4.72. The molecule has 192 valence electrons. The Morgan fingerprint density at radius 1 is 1.11 bits per heavy atom. The van der Waals surface area contributed by atoms with Gasteiger partial charge < -0.3 is 16.0 Å². The number of carbonyl (C=O) groups excluding carboxylic acids is 3. The first-order chi connectivity index (χ1) is 17.7. The van der Waals surface area contributed by atoms with Crippen molar-refractivity contribution < 1.29 is 14.4 Å². The largest absolute Gasteiger partial charge is 0.384 e. The number of β-lactam (4-membered cyclic amide) rings is 1. The van der Waals surface area contributed by atoms with Crippen LogP contribution < -0.4 is 16.0 Å². The first-order valence-corrected chi connectivity index (χ1v) is 12.3. The van der Waals surface area contributed by atoms with Crippen LogP contribution in [0.5, 0.6) is 0 Å². The van der Waals surface area contributed by atoms with E-state index in [0.29, 0.717) is 17.9 Å². The summed E-state index contributed by atoms with van der Waals surface area (Å²) in [5.41, 5.74) is 10.0. The summed E-state index contributed by atoms with van der Waals surface area (Å²) >= 11 is 0. The fourth-order valence-electron chi connectivity index (χ4n) is 4.72. The van der Waals surface area contributed by atoms with E-state index in [0.717, 1.165) is 27.3 Å². The number of rotatable bonds is 7. The first kappa shape index (κ1) is 25.8. The van der Waals surface area contributed by atoms with Crippen LogP contribution in [-0.2, 0) is 16.0 Å². The van der Waals surface area contributed by atoms with Gasteiger partial charge in [-0.3, -0.25) is 19.5 Å². The lowest BCUT2D eigenvalue weighted by Crippen LogP contribution is -2.70. The molecule has 9 heteroatoms. The number of benzene rings is 1. The number of aromatic nitrogens is 2. The van der Waals surface area contributed by atoms with Crippen molar-refractivity contribution in [2.24, 2.45) is 5.92 Å². The zero-order chi connectivity index (χ0) is 26.7. The standard InChI is InChI=1S/C28H32N6O3/c1-5-23(20-8-6-7-17(2)13-20)32-28(37)34-25(27(36)33(4)21-10-12-30-18(3)14-21)22(26(34)35)15-19-9-11-31-24(29)16-19/h6-14,16,22-23,25H,5,15H2,1-4H3,(H2,29,31)(H,32,37)/t22-,23-,25+/m1/s1. The molecule has 1 fully saturated rings. The van der Waals surface area contributed by atoms with Crippen LogP contribution in [0, 0.1) is 19.8 Å². The van der Waals surface area contributed by atoms with Crippen molar-refractivity contribution in [1.29, 1.82) is 0 Å². The van der Waals surface area contributed by atoms with Crippen molar-refractivity contribution in [2.45, 2.75) is 45.7 Å². The van der Waals surface area contributed by atoms with Gasteiger partial charge in [0.1, 0.15) is 11.9 Å². The molecule has 0 unspecified atom stereocenters. The number of hydrogen-bond donors (Lipinski definition) is 2. The maximum atomic E-state index is 13.7. The number of urea groups is 1. The molecule has 0 spiro atoms. The van der Waals surface area contributed by atoms with Gasteiger partial charge in [-0.05, 0) is 62.1 Å². The van der Waals surface area contributed by atoms with Gasteiger partial charge in [0, 0.05) is 30.8 Å². The molecule has 2 aromatic heterocycles. The number of nitrogen functional groups attached to an aromatic ring is 1. The van der Waals surface area contributed by atoms with Crippen LogP contribution in [0.15, 0.2) is 60.9 Å². The van der Waals surface area contributed by atoms with E-state index in [1.54, 1.807) is 43.7 Å². The Morgan fingerprint density at radius 3 is 2.54 bits per heavy atom. The van der Waals surface area contributed by atoms with Crippen molar-refractivity contribution >= 4 is 29.4 Å². The molecule has 3 heterocycles. The lowest BCUT2D eigenvalue weighted by molar-refractivity contribution is -0.156. The van der Waals surface area contributed by atoms with Gasteiger partial charge in [-0.25, -0.2) is 9.78 Å². The summed E-state index contributed by atoms with van der Waals surface area (Å²) in [5.74, 6) is -1.12. The van der Waals surface area contributed by atoms with Gasteiger partial charge in [-0.1, -0.05) is 36.8 Å². The van der Waals surface area contributed by atoms with Crippen molar-refractivity contribution in [1.82, 2.24) is 20.2 Å². The lowest BCUT2D eigenvalue weighted by Gasteiger charge is -2.46. The highest BCUT2D eigenvalue weighted by Gasteiger charge is 2.55. The molecule has 1 aliphatic rings. The van der Waals surface area contributed by atoms with Crippen LogP contribution in [0.25, 0.3) is 0 Å². The predicted molar refractivity (Wildman–Crippen MR) is 142 cm³/mol. The molecule has 1 saturated heterocycles. The van der Waals surface area contributed by atoms with E-state index in [9.17, 15) is 14.4 Å². The molecule has 4 rings (SSSR count). The zero-order valence-electron chi connectivity index (χ0n) is 21.5. The Bertz CT molecular complexity index is 1330. The van der Waals surface area contributed by atoms with Crippen LogP contribution in [0.3, 0.4) is 0 Å². The SMILES string of the molecule is CC[C@@H](NC(=O)N1C(=O)[C@H](Cc2ccnc(N)c2)[C@H]1C(=O)N(C)c1ccnc(C)c1)c1cccc(C)c1.